The molecular weight excluding hydrogens is 408 g/mol. The summed E-state index contributed by atoms with van der Waals surface area (Å²) in [7, 11) is 1.17. The molecule has 1 aromatic carbocycles. The van der Waals surface area contributed by atoms with Crippen molar-refractivity contribution in [1.82, 2.24) is 21.1 Å². The molecule has 1 aromatic rings. The molecule has 0 heterocycles. The highest BCUT2D eigenvalue weighted by Gasteiger charge is 2.32. The van der Waals surface area contributed by atoms with E-state index in [-0.39, 0.29) is 13.2 Å². The molecule has 0 aromatic heterocycles. The predicted molar refractivity (Wildman–Crippen MR) is 109 cm³/mol. The van der Waals surface area contributed by atoms with Crippen LogP contribution in [0.4, 0.5) is 4.79 Å². The molecule has 11 nitrogen and oxygen atoms in total. The van der Waals surface area contributed by atoms with Gasteiger partial charge in [0.2, 0.25) is 11.8 Å². The largest absolute Gasteiger partial charge is 0.468 e. The van der Waals surface area contributed by atoms with Crippen molar-refractivity contribution in [2.45, 2.75) is 33.4 Å². The standard InChI is InChI=1S/C20H28N4O7/c1-13(2)18(19(28)21-11-17(27)30-4)24(14(3)25)23-16(26)10-22-20(29)31-12-15-8-6-5-7-9-15/h5-9,13,18H,10-12H2,1-4H3,(H,21,28)(H,22,29)(H,23,26). The van der Waals surface area contributed by atoms with Crippen LogP contribution in [0, 0.1) is 5.92 Å². The Morgan fingerprint density at radius 3 is 2.19 bits per heavy atom. The molecule has 1 atom stereocenters. The summed E-state index contributed by atoms with van der Waals surface area (Å²) < 4.78 is 9.46. The lowest BCUT2D eigenvalue weighted by Crippen LogP contribution is -2.60. The molecule has 0 aliphatic heterocycles. The van der Waals surface area contributed by atoms with E-state index in [0.717, 1.165) is 10.6 Å². The van der Waals surface area contributed by atoms with Gasteiger partial charge in [0.05, 0.1) is 7.11 Å². The molecule has 11 heteroatoms. The first kappa shape index (κ1) is 25.4. The first-order valence-electron chi connectivity index (χ1n) is 9.54. The Labute approximate surface area is 180 Å². The third kappa shape index (κ3) is 9.15. The molecule has 0 saturated heterocycles. The van der Waals surface area contributed by atoms with Gasteiger partial charge in [-0.1, -0.05) is 44.2 Å². The summed E-state index contributed by atoms with van der Waals surface area (Å²) in [5.74, 6) is -3.05. The molecule has 170 valence electrons. The summed E-state index contributed by atoms with van der Waals surface area (Å²) in [5, 5.41) is 5.48. The fourth-order valence-corrected chi connectivity index (χ4v) is 2.50. The zero-order valence-electron chi connectivity index (χ0n) is 18.0. The Kier molecular flexibility index (Phi) is 10.5. The summed E-state index contributed by atoms with van der Waals surface area (Å²) in [4.78, 5) is 59.7. The summed E-state index contributed by atoms with van der Waals surface area (Å²) >= 11 is 0. The second-order valence-electron chi connectivity index (χ2n) is 6.82. The van der Waals surface area contributed by atoms with Gasteiger partial charge < -0.3 is 20.1 Å². The van der Waals surface area contributed by atoms with E-state index in [1.54, 1.807) is 38.1 Å². The molecule has 0 saturated carbocycles. The number of nitrogens with zero attached hydrogens (tertiary/aromatic N) is 1. The van der Waals surface area contributed by atoms with Gasteiger partial charge >= 0.3 is 12.1 Å². The number of hydrazine groups is 1. The highest BCUT2D eigenvalue weighted by molar-refractivity contribution is 5.91. The number of rotatable bonds is 9. The predicted octanol–water partition coefficient (Wildman–Crippen LogP) is 0.106. The highest BCUT2D eigenvalue weighted by atomic mass is 16.5. The third-order valence-corrected chi connectivity index (χ3v) is 4.00. The molecule has 31 heavy (non-hydrogen) atoms. The zero-order chi connectivity index (χ0) is 23.4. The Balaban J connectivity index is 2.62. The van der Waals surface area contributed by atoms with Crippen molar-refractivity contribution in [3.8, 4) is 0 Å². The monoisotopic (exact) mass is 436 g/mol. The second-order valence-corrected chi connectivity index (χ2v) is 6.82. The van der Waals surface area contributed by atoms with Crippen molar-refractivity contribution in [2.24, 2.45) is 5.92 Å². The maximum atomic E-state index is 12.5. The number of carbonyl (C=O) groups is 5. The van der Waals surface area contributed by atoms with Gasteiger partial charge in [0.15, 0.2) is 0 Å². The zero-order valence-corrected chi connectivity index (χ0v) is 18.0. The van der Waals surface area contributed by atoms with Crippen LogP contribution in [0.15, 0.2) is 30.3 Å². The van der Waals surface area contributed by atoms with E-state index in [1.807, 2.05) is 6.07 Å². The SMILES string of the molecule is COC(=O)CNC(=O)C(C(C)C)N(NC(=O)CNC(=O)OCc1ccccc1)C(C)=O. The highest BCUT2D eigenvalue weighted by Crippen LogP contribution is 2.10. The van der Waals surface area contributed by atoms with Gasteiger partial charge in [0.1, 0.15) is 25.7 Å². The van der Waals surface area contributed by atoms with Gasteiger partial charge in [-0.25, -0.2) is 9.80 Å². The van der Waals surface area contributed by atoms with E-state index < -0.39 is 48.3 Å². The number of esters is 1. The number of ether oxygens (including phenoxy) is 2. The van der Waals surface area contributed by atoms with Crippen molar-refractivity contribution >= 4 is 29.8 Å². The van der Waals surface area contributed by atoms with E-state index in [0.29, 0.717) is 0 Å². The van der Waals surface area contributed by atoms with Gasteiger partial charge in [0, 0.05) is 6.92 Å². The molecule has 0 aliphatic carbocycles. The number of methoxy groups -OCH3 is 1. The average Bonchev–Trinajstić information content (AvgIpc) is 2.74. The van der Waals surface area contributed by atoms with Crippen LogP contribution in [-0.2, 0) is 35.3 Å². The molecule has 0 fully saturated rings. The first-order chi connectivity index (χ1) is 14.6. The fourth-order valence-electron chi connectivity index (χ4n) is 2.50. The number of hydrogen-bond acceptors (Lipinski definition) is 7. The maximum absolute atomic E-state index is 12.5. The van der Waals surface area contributed by atoms with Crippen LogP contribution in [0.2, 0.25) is 0 Å². The summed E-state index contributed by atoms with van der Waals surface area (Å²) in [6, 6.07) is 7.90. The lowest BCUT2D eigenvalue weighted by atomic mass is 10.0. The Morgan fingerprint density at radius 2 is 1.65 bits per heavy atom. The molecule has 0 bridgehead atoms. The number of carbonyl (C=O) groups excluding carboxylic acids is 5. The average molecular weight is 436 g/mol. The number of hydrogen-bond donors (Lipinski definition) is 3. The van der Waals surface area contributed by atoms with Crippen LogP contribution < -0.4 is 16.1 Å². The van der Waals surface area contributed by atoms with Crippen LogP contribution in [0.5, 0.6) is 0 Å². The summed E-state index contributed by atoms with van der Waals surface area (Å²) in [6.45, 7) is 3.68. The number of nitrogens with one attached hydrogen (secondary N) is 3. The number of benzene rings is 1. The van der Waals surface area contributed by atoms with Crippen molar-refractivity contribution in [1.29, 1.82) is 0 Å². The Bertz CT molecular complexity index is 783. The molecular formula is C20H28N4O7. The van der Waals surface area contributed by atoms with E-state index in [1.165, 1.54) is 14.0 Å². The van der Waals surface area contributed by atoms with Crippen LogP contribution in [-0.4, -0.2) is 61.0 Å². The normalized spacial score (nSPS) is 11.1. The molecule has 1 rings (SSSR count). The fraction of sp³-hybridized carbons (Fsp3) is 0.450. The Morgan fingerprint density at radius 1 is 1.00 bits per heavy atom. The minimum Gasteiger partial charge on any atom is -0.468 e. The first-order valence-corrected chi connectivity index (χ1v) is 9.54. The summed E-state index contributed by atoms with van der Waals surface area (Å²) in [6.07, 6.45) is -0.815. The smallest absolute Gasteiger partial charge is 0.407 e. The quantitative estimate of drug-likeness (QED) is 0.368. The second kappa shape index (κ2) is 12.8. The molecule has 1 unspecified atom stereocenters. The number of alkyl carbamates (subject to hydrolysis) is 1. The summed E-state index contributed by atoms with van der Waals surface area (Å²) in [5.41, 5.74) is 3.09. The van der Waals surface area contributed by atoms with Gasteiger partial charge in [0.25, 0.3) is 5.91 Å². The van der Waals surface area contributed by atoms with Crippen molar-refractivity contribution < 1.29 is 33.4 Å². The van der Waals surface area contributed by atoms with E-state index >= 15 is 0 Å². The minimum absolute atomic E-state index is 0.0314. The maximum Gasteiger partial charge on any atom is 0.407 e. The lowest BCUT2D eigenvalue weighted by Gasteiger charge is -2.32. The van der Waals surface area contributed by atoms with Crippen molar-refractivity contribution in [2.75, 3.05) is 20.2 Å². The van der Waals surface area contributed by atoms with Gasteiger partial charge in [-0.2, -0.15) is 0 Å². The van der Waals surface area contributed by atoms with E-state index in [9.17, 15) is 24.0 Å². The lowest BCUT2D eigenvalue weighted by molar-refractivity contribution is -0.150. The van der Waals surface area contributed by atoms with Gasteiger partial charge in [-0.15, -0.1) is 0 Å². The topological polar surface area (TPSA) is 143 Å². The third-order valence-electron chi connectivity index (χ3n) is 4.00. The molecule has 0 radical (unpaired) electrons. The van der Waals surface area contributed by atoms with Crippen LogP contribution in [0.1, 0.15) is 26.3 Å². The van der Waals surface area contributed by atoms with Gasteiger partial charge in [-0.3, -0.25) is 24.6 Å². The molecule has 3 N–H and O–H groups in total. The molecule has 0 spiro atoms. The Hall–Kier alpha value is -3.63. The van der Waals surface area contributed by atoms with E-state index in [2.05, 4.69) is 20.8 Å². The molecule has 0 aliphatic rings. The van der Waals surface area contributed by atoms with Crippen molar-refractivity contribution in [3.63, 3.8) is 0 Å². The molecule has 4 amide bonds. The number of amides is 4. The van der Waals surface area contributed by atoms with Gasteiger partial charge in [-0.05, 0) is 11.5 Å². The van der Waals surface area contributed by atoms with Crippen LogP contribution in [0.25, 0.3) is 0 Å². The van der Waals surface area contributed by atoms with Crippen LogP contribution in [0.3, 0.4) is 0 Å². The van der Waals surface area contributed by atoms with Crippen molar-refractivity contribution in [3.05, 3.63) is 35.9 Å². The van der Waals surface area contributed by atoms with E-state index in [4.69, 9.17) is 4.74 Å². The minimum atomic E-state index is -1.09. The van der Waals surface area contributed by atoms with Crippen LogP contribution >= 0.6 is 0 Å².